The van der Waals surface area contributed by atoms with Gasteiger partial charge in [-0.1, -0.05) is 4.49 Å². The summed E-state index contributed by atoms with van der Waals surface area (Å²) >= 11 is 1.42. The van der Waals surface area contributed by atoms with Crippen molar-refractivity contribution in [1.29, 1.82) is 0 Å². The summed E-state index contributed by atoms with van der Waals surface area (Å²) in [5.74, 6) is 0.793. The van der Waals surface area contributed by atoms with E-state index in [1.807, 2.05) is 0 Å². The third kappa shape index (κ3) is 1.98. The summed E-state index contributed by atoms with van der Waals surface area (Å²) in [6.45, 7) is 2.30. The Morgan fingerprint density at radius 3 is 2.92 bits per heavy atom. The molecule has 4 nitrogen and oxygen atoms in total. The van der Waals surface area contributed by atoms with Gasteiger partial charge in [-0.25, -0.2) is 0 Å². The van der Waals surface area contributed by atoms with Crippen molar-refractivity contribution in [3.63, 3.8) is 0 Å². The maximum Gasteiger partial charge on any atom is 0.138 e. The average molecular weight is 184 g/mol. The summed E-state index contributed by atoms with van der Waals surface area (Å²) in [7, 11) is 0. The highest BCUT2D eigenvalue weighted by Crippen LogP contribution is 2.17. The van der Waals surface area contributed by atoms with Crippen LogP contribution in [-0.2, 0) is 6.42 Å². The Labute approximate surface area is 75.5 Å². The molecule has 66 valence electrons. The minimum Gasteiger partial charge on any atom is -0.317 e. The Morgan fingerprint density at radius 2 is 2.25 bits per heavy atom. The smallest absolute Gasteiger partial charge is 0.138 e. The molecule has 0 saturated carbocycles. The van der Waals surface area contributed by atoms with E-state index in [1.165, 1.54) is 24.4 Å². The zero-order chi connectivity index (χ0) is 8.23. The monoisotopic (exact) mass is 184 g/mol. The fraction of sp³-hybridized carbons (Fsp3) is 0.857. The van der Waals surface area contributed by atoms with Gasteiger partial charge in [0.25, 0.3) is 0 Å². The zero-order valence-corrected chi connectivity index (χ0v) is 7.68. The van der Waals surface area contributed by atoms with Crippen molar-refractivity contribution in [2.24, 2.45) is 5.92 Å². The van der Waals surface area contributed by atoms with E-state index in [1.54, 1.807) is 0 Å². The second kappa shape index (κ2) is 3.91. The maximum absolute atomic E-state index is 3.95. The van der Waals surface area contributed by atoms with Crippen LogP contribution in [0.5, 0.6) is 0 Å². The Kier molecular flexibility index (Phi) is 2.63. The number of nitrogens with zero attached hydrogens (tertiary/aromatic N) is 3. The molecule has 0 atom stereocenters. The average Bonchev–Trinajstić information content (AvgIpc) is 2.59. The number of hydrogen-bond donors (Lipinski definition) is 1. The van der Waals surface area contributed by atoms with Crippen LogP contribution in [0.15, 0.2) is 0 Å². The van der Waals surface area contributed by atoms with Crippen LogP contribution in [0, 0.1) is 5.92 Å². The molecule has 0 amide bonds. The molecular weight excluding hydrogens is 172 g/mol. The van der Waals surface area contributed by atoms with Gasteiger partial charge in [0.1, 0.15) is 5.01 Å². The minimum absolute atomic E-state index is 0.793. The van der Waals surface area contributed by atoms with Gasteiger partial charge >= 0.3 is 0 Å². The van der Waals surface area contributed by atoms with Gasteiger partial charge in [0.15, 0.2) is 0 Å². The number of nitrogens with one attached hydrogen (secondary N) is 1. The minimum atomic E-state index is 0.793. The lowest BCUT2D eigenvalue weighted by atomic mass is 9.95. The van der Waals surface area contributed by atoms with Gasteiger partial charge in [-0.2, -0.15) is 0 Å². The van der Waals surface area contributed by atoms with Gasteiger partial charge in [-0.05, 0) is 37.1 Å². The molecule has 1 aliphatic rings. The molecule has 0 aromatic carbocycles. The van der Waals surface area contributed by atoms with Gasteiger partial charge in [0, 0.05) is 18.0 Å². The van der Waals surface area contributed by atoms with Crippen LogP contribution >= 0.6 is 11.5 Å². The van der Waals surface area contributed by atoms with Crippen molar-refractivity contribution >= 4 is 11.5 Å². The predicted octanol–water partition coefficient (Wildman–Crippen LogP) is 0.475. The van der Waals surface area contributed by atoms with Crippen LogP contribution in [0.1, 0.15) is 17.8 Å². The summed E-state index contributed by atoms with van der Waals surface area (Å²) < 4.78 is 3.75. The van der Waals surface area contributed by atoms with Crippen LogP contribution in [-0.4, -0.2) is 27.9 Å². The number of rotatable bonds is 2. The number of piperidine rings is 1. The van der Waals surface area contributed by atoms with E-state index in [0.717, 1.165) is 30.4 Å². The first-order valence-corrected chi connectivity index (χ1v) is 5.07. The number of hydrogen-bond acceptors (Lipinski definition) is 5. The van der Waals surface area contributed by atoms with E-state index in [9.17, 15) is 0 Å². The molecule has 1 N–H and O–H groups in total. The molecule has 0 unspecified atom stereocenters. The normalized spacial score (nSPS) is 19.7. The Morgan fingerprint density at radius 1 is 1.42 bits per heavy atom. The Balaban J connectivity index is 1.86. The van der Waals surface area contributed by atoms with Gasteiger partial charge < -0.3 is 5.32 Å². The fourth-order valence-electron chi connectivity index (χ4n) is 1.56. The lowest BCUT2D eigenvalue weighted by Gasteiger charge is -2.20. The van der Waals surface area contributed by atoms with E-state index in [2.05, 4.69) is 20.1 Å². The molecular formula is C7H12N4S. The molecule has 2 heterocycles. The van der Waals surface area contributed by atoms with Crippen molar-refractivity contribution in [2.75, 3.05) is 13.1 Å². The molecule has 0 bridgehead atoms. The third-order valence-electron chi connectivity index (χ3n) is 2.26. The highest BCUT2D eigenvalue weighted by molar-refractivity contribution is 7.05. The first-order chi connectivity index (χ1) is 5.95. The lowest BCUT2D eigenvalue weighted by Crippen LogP contribution is -2.28. The molecule has 1 aromatic rings. The van der Waals surface area contributed by atoms with Crippen LogP contribution in [0.2, 0.25) is 0 Å². The second-order valence-corrected chi connectivity index (χ2v) is 3.97. The fourth-order valence-corrected chi connectivity index (χ4v) is 2.11. The highest BCUT2D eigenvalue weighted by atomic mass is 32.1. The van der Waals surface area contributed by atoms with E-state index >= 15 is 0 Å². The molecule has 5 heteroatoms. The highest BCUT2D eigenvalue weighted by Gasteiger charge is 2.14. The standard InChI is InChI=1S/C7H12N4S/c1-3-8-4-2-6(1)5-7-9-10-11-12-7/h6,8H,1-5H2. The Hall–Kier alpha value is -0.550. The SMILES string of the molecule is C1CC(Cc2nnns2)CCN1. The van der Waals surface area contributed by atoms with Crippen LogP contribution < -0.4 is 5.32 Å². The largest absolute Gasteiger partial charge is 0.317 e. The van der Waals surface area contributed by atoms with Gasteiger partial charge in [0.2, 0.25) is 0 Å². The van der Waals surface area contributed by atoms with Crippen molar-refractivity contribution < 1.29 is 0 Å². The molecule has 1 fully saturated rings. The summed E-state index contributed by atoms with van der Waals surface area (Å²) in [4.78, 5) is 0. The van der Waals surface area contributed by atoms with Gasteiger partial charge in [-0.15, -0.1) is 5.10 Å². The van der Waals surface area contributed by atoms with Gasteiger partial charge in [0.05, 0.1) is 0 Å². The summed E-state index contributed by atoms with van der Waals surface area (Å²) in [5, 5.41) is 12.0. The Bertz CT molecular complexity index is 217. The van der Waals surface area contributed by atoms with E-state index in [-0.39, 0.29) is 0 Å². The van der Waals surface area contributed by atoms with Crippen molar-refractivity contribution in [1.82, 2.24) is 20.1 Å². The lowest BCUT2D eigenvalue weighted by molar-refractivity contribution is 0.371. The first-order valence-electron chi connectivity index (χ1n) is 4.30. The topological polar surface area (TPSA) is 50.7 Å². The molecule has 0 aliphatic carbocycles. The third-order valence-corrected chi connectivity index (χ3v) is 2.87. The van der Waals surface area contributed by atoms with Crippen molar-refractivity contribution in [2.45, 2.75) is 19.3 Å². The molecule has 1 aromatic heterocycles. The quantitative estimate of drug-likeness (QED) is 0.726. The van der Waals surface area contributed by atoms with Crippen molar-refractivity contribution in [3.8, 4) is 0 Å². The number of aromatic nitrogens is 3. The second-order valence-electron chi connectivity index (χ2n) is 3.15. The zero-order valence-electron chi connectivity index (χ0n) is 6.86. The molecule has 0 spiro atoms. The first kappa shape index (κ1) is 8.07. The molecule has 1 saturated heterocycles. The summed E-state index contributed by atoms with van der Waals surface area (Å²) in [6, 6.07) is 0. The van der Waals surface area contributed by atoms with Crippen LogP contribution in [0.25, 0.3) is 0 Å². The van der Waals surface area contributed by atoms with Crippen LogP contribution in [0.4, 0.5) is 0 Å². The van der Waals surface area contributed by atoms with Crippen molar-refractivity contribution in [3.05, 3.63) is 5.01 Å². The van der Waals surface area contributed by atoms with Gasteiger partial charge in [-0.3, -0.25) is 0 Å². The van der Waals surface area contributed by atoms with Crippen LogP contribution in [0.3, 0.4) is 0 Å². The molecule has 12 heavy (non-hydrogen) atoms. The summed E-state index contributed by atoms with van der Waals surface area (Å²) in [5.41, 5.74) is 0. The van der Waals surface area contributed by atoms with E-state index in [0.29, 0.717) is 0 Å². The van der Waals surface area contributed by atoms with E-state index < -0.39 is 0 Å². The predicted molar refractivity (Wildman–Crippen MR) is 47.0 cm³/mol. The summed E-state index contributed by atoms with van der Waals surface area (Å²) in [6.07, 6.45) is 3.60. The molecule has 0 radical (unpaired) electrons. The molecule has 2 rings (SSSR count). The maximum atomic E-state index is 3.95. The molecule has 1 aliphatic heterocycles. The van der Waals surface area contributed by atoms with E-state index in [4.69, 9.17) is 0 Å².